The Kier molecular flexibility index (Phi) is 3.31. The molecule has 0 aliphatic heterocycles. The molecule has 5 nitrogen and oxygen atoms in total. The van der Waals surface area contributed by atoms with Crippen molar-refractivity contribution in [1.29, 1.82) is 0 Å². The van der Waals surface area contributed by atoms with Gasteiger partial charge in [0.25, 0.3) is 0 Å². The number of hydrogen-bond donors (Lipinski definition) is 2. The second-order valence-corrected chi connectivity index (χ2v) is 4.16. The van der Waals surface area contributed by atoms with Gasteiger partial charge < -0.3 is 10.5 Å². The minimum Gasteiger partial charge on any atom is -0.497 e. The third kappa shape index (κ3) is 2.66. The van der Waals surface area contributed by atoms with E-state index in [1.807, 2.05) is 12.1 Å². The number of ether oxygens (including phenoxy) is 1. The number of nitrogens with two attached hydrogens (primary N) is 1. The third-order valence-corrected chi connectivity index (χ3v) is 2.94. The molecule has 0 fully saturated rings. The van der Waals surface area contributed by atoms with Crippen molar-refractivity contribution in [1.82, 2.24) is 15.2 Å². The van der Waals surface area contributed by atoms with Gasteiger partial charge in [0, 0.05) is 17.5 Å². The van der Waals surface area contributed by atoms with E-state index in [-0.39, 0.29) is 0 Å². The van der Waals surface area contributed by atoms with Crippen LogP contribution in [0.15, 0.2) is 29.7 Å². The standard InChI is InChI=1S/C10H12N4OS/c1-15-9-3-7(2-8(11)4-9)5-16-10-12-6-13-14-10/h2-4,6H,5,11H2,1H3,(H,12,13,14). The summed E-state index contributed by atoms with van der Waals surface area (Å²) < 4.78 is 5.15. The first kappa shape index (κ1) is 10.8. The molecule has 0 radical (unpaired) electrons. The Morgan fingerprint density at radius 2 is 2.31 bits per heavy atom. The van der Waals surface area contributed by atoms with E-state index < -0.39 is 0 Å². The number of rotatable bonds is 4. The number of methoxy groups -OCH3 is 1. The third-order valence-electron chi connectivity index (χ3n) is 1.99. The SMILES string of the molecule is COc1cc(N)cc(CSc2ncn[nH]2)c1. The maximum Gasteiger partial charge on any atom is 0.183 e. The van der Waals surface area contributed by atoms with Crippen molar-refractivity contribution >= 4 is 17.4 Å². The molecule has 0 spiro atoms. The van der Waals surface area contributed by atoms with Crippen LogP contribution < -0.4 is 10.5 Å². The molecule has 0 amide bonds. The van der Waals surface area contributed by atoms with Crippen LogP contribution in [0.25, 0.3) is 0 Å². The lowest BCUT2D eigenvalue weighted by Crippen LogP contribution is -1.91. The molecule has 2 aromatic rings. The highest BCUT2D eigenvalue weighted by Crippen LogP contribution is 2.24. The molecule has 1 aromatic heterocycles. The van der Waals surface area contributed by atoms with Crippen molar-refractivity contribution in [3.8, 4) is 5.75 Å². The van der Waals surface area contributed by atoms with Gasteiger partial charge in [-0.25, -0.2) is 4.98 Å². The Balaban J connectivity index is 2.06. The van der Waals surface area contributed by atoms with Crippen LogP contribution in [0.3, 0.4) is 0 Å². The zero-order valence-corrected chi connectivity index (χ0v) is 9.62. The van der Waals surface area contributed by atoms with Gasteiger partial charge in [0.1, 0.15) is 12.1 Å². The quantitative estimate of drug-likeness (QED) is 0.624. The summed E-state index contributed by atoms with van der Waals surface area (Å²) in [7, 11) is 1.63. The van der Waals surface area contributed by atoms with Crippen LogP contribution in [0.2, 0.25) is 0 Å². The van der Waals surface area contributed by atoms with Gasteiger partial charge in [-0.1, -0.05) is 11.8 Å². The Morgan fingerprint density at radius 1 is 1.44 bits per heavy atom. The van der Waals surface area contributed by atoms with E-state index in [0.29, 0.717) is 5.69 Å². The number of nitrogens with zero attached hydrogens (tertiary/aromatic N) is 2. The number of anilines is 1. The first-order valence-electron chi connectivity index (χ1n) is 4.69. The molecule has 0 saturated carbocycles. The van der Waals surface area contributed by atoms with Gasteiger partial charge >= 0.3 is 0 Å². The Labute approximate surface area is 97.4 Å². The molecule has 0 aliphatic carbocycles. The fourth-order valence-corrected chi connectivity index (χ4v) is 2.01. The predicted molar refractivity (Wildman–Crippen MR) is 63.4 cm³/mol. The molecule has 6 heteroatoms. The first-order chi connectivity index (χ1) is 7.78. The van der Waals surface area contributed by atoms with E-state index >= 15 is 0 Å². The zero-order chi connectivity index (χ0) is 11.4. The molecule has 1 aromatic carbocycles. The fraction of sp³-hybridized carbons (Fsp3) is 0.200. The minimum atomic E-state index is 0.701. The lowest BCUT2D eigenvalue weighted by atomic mass is 10.2. The van der Waals surface area contributed by atoms with E-state index in [2.05, 4.69) is 15.2 Å². The van der Waals surface area contributed by atoms with Crippen LogP contribution in [-0.4, -0.2) is 22.3 Å². The molecular weight excluding hydrogens is 224 g/mol. The summed E-state index contributed by atoms with van der Waals surface area (Å²) in [6, 6.07) is 5.67. The number of aromatic amines is 1. The predicted octanol–water partition coefficient (Wildman–Crippen LogP) is 1.69. The molecule has 0 bridgehead atoms. The summed E-state index contributed by atoms with van der Waals surface area (Å²) in [6.07, 6.45) is 1.49. The highest BCUT2D eigenvalue weighted by Gasteiger charge is 2.02. The molecule has 0 unspecified atom stereocenters. The van der Waals surface area contributed by atoms with Gasteiger partial charge in [-0.2, -0.15) is 5.10 Å². The number of hydrogen-bond acceptors (Lipinski definition) is 5. The molecular formula is C10H12N4OS. The normalized spacial score (nSPS) is 10.3. The number of aromatic nitrogens is 3. The van der Waals surface area contributed by atoms with Gasteiger partial charge in [-0.15, -0.1) is 0 Å². The maximum absolute atomic E-state index is 5.76. The summed E-state index contributed by atoms with van der Waals surface area (Å²) >= 11 is 1.57. The zero-order valence-electron chi connectivity index (χ0n) is 8.80. The minimum absolute atomic E-state index is 0.701. The summed E-state index contributed by atoms with van der Waals surface area (Å²) in [4.78, 5) is 4.03. The van der Waals surface area contributed by atoms with E-state index in [4.69, 9.17) is 10.5 Å². The molecule has 16 heavy (non-hydrogen) atoms. The van der Waals surface area contributed by atoms with Crippen molar-refractivity contribution in [2.75, 3.05) is 12.8 Å². The molecule has 0 atom stereocenters. The van der Waals surface area contributed by atoms with Crippen LogP contribution in [0.4, 0.5) is 5.69 Å². The number of nitrogen functional groups attached to an aromatic ring is 1. The van der Waals surface area contributed by atoms with Crippen LogP contribution in [0.1, 0.15) is 5.56 Å². The van der Waals surface area contributed by atoms with Crippen molar-refractivity contribution in [2.24, 2.45) is 0 Å². The number of nitrogens with one attached hydrogen (secondary N) is 1. The van der Waals surface area contributed by atoms with Gasteiger partial charge in [-0.05, 0) is 17.7 Å². The van der Waals surface area contributed by atoms with Crippen LogP contribution in [0.5, 0.6) is 5.75 Å². The van der Waals surface area contributed by atoms with Crippen molar-refractivity contribution in [3.05, 3.63) is 30.1 Å². The Morgan fingerprint density at radius 3 is 3.00 bits per heavy atom. The Hall–Kier alpha value is -1.69. The number of H-pyrrole nitrogens is 1. The fourth-order valence-electron chi connectivity index (χ4n) is 1.30. The van der Waals surface area contributed by atoms with Gasteiger partial charge in [0.15, 0.2) is 5.16 Å². The van der Waals surface area contributed by atoms with Crippen LogP contribution in [-0.2, 0) is 5.75 Å². The van der Waals surface area contributed by atoms with Crippen LogP contribution in [0, 0.1) is 0 Å². The average molecular weight is 236 g/mol. The number of thioether (sulfide) groups is 1. The maximum atomic E-state index is 5.76. The largest absolute Gasteiger partial charge is 0.497 e. The molecule has 84 valence electrons. The van der Waals surface area contributed by atoms with E-state index in [1.54, 1.807) is 24.9 Å². The molecule has 3 N–H and O–H groups in total. The van der Waals surface area contributed by atoms with E-state index in [0.717, 1.165) is 22.2 Å². The van der Waals surface area contributed by atoms with E-state index in [9.17, 15) is 0 Å². The lowest BCUT2D eigenvalue weighted by molar-refractivity contribution is 0.414. The summed E-state index contributed by atoms with van der Waals surface area (Å²) in [5, 5.41) is 7.36. The van der Waals surface area contributed by atoms with Crippen LogP contribution >= 0.6 is 11.8 Å². The smallest absolute Gasteiger partial charge is 0.183 e. The molecule has 2 rings (SSSR count). The second kappa shape index (κ2) is 4.89. The first-order valence-corrected chi connectivity index (χ1v) is 5.68. The van der Waals surface area contributed by atoms with Crippen molar-refractivity contribution < 1.29 is 4.74 Å². The highest BCUT2D eigenvalue weighted by molar-refractivity contribution is 7.98. The summed E-state index contributed by atoms with van der Waals surface area (Å²) in [5.74, 6) is 1.55. The second-order valence-electron chi connectivity index (χ2n) is 3.19. The summed E-state index contributed by atoms with van der Waals surface area (Å²) in [5.41, 5.74) is 7.56. The highest BCUT2D eigenvalue weighted by atomic mass is 32.2. The molecule has 0 saturated heterocycles. The van der Waals surface area contributed by atoms with E-state index in [1.165, 1.54) is 6.33 Å². The van der Waals surface area contributed by atoms with Gasteiger partial charge in [0.05, 0.1) is 7.11 Å². The molecule has 1 heterocycles. The van der Waals surface area contributed by atoms with Crippen molar-refractivity contribution in [3.63, 3.8) is 0 Å². The summed E-state index contributed by atoms with van der Waals surface area (Å²) in [6.45, 7) is 0. The topological polar surface area (TPSA) is 76.8 Å². The Bertz CT molecular complexity index is 458. The van der Waals surface area contributed by atoms with Gasteiger partial charge in [-0.3, -0.25) is 5.10 Å². The molecule has 0 aliphatic rings. The lowest BCUT2D eigenvalue weighted by Gasteiger charge is -2.05. The van der Waals surface area contributed by atoms with Crippen molar-refractivity contribution in [2.45, 2.75) is 10.9 Å². The monoisotopic (exact) mass is 236 g/mol. The number of benzene rings is 1. The average Bonchev–Trinajstić information content (AvgIpc) is 2.78. The van der Waals surface area contributed by atoms with Gasteiger partial charge in [0.2, 0.25) is 0 Å².